The van der Waals surface area contributed by atoms with E-state index in [0.29, 0.717) is 22.6 Å². The molecule has 0 fully saturated rings. The average molecular weight is 434 g/mol. The number of benzene rings is 1. The molecule has 0 aliphatic heterocycles. The van der Waals surface area contributed by atoms with Crippen LogP contribution in [0.15, 0.2) is 41.0 Å². The summed E-state index contributed by atoms with van der Waals surface area (Å²) < 4.78 is 7.05. The van der Waals surface area contributed by atoms with E-state index in [-0.39, 0.29) is 17.9 Å². The summed E-state index contributed by atoms with van der Waals surface area (Å²) in [4.78, 5) is 25.7. The molecule has 0 atom stereocenters. The second kappa shape index (κ2) is 7.50. The third-order valence-corrected chi connectivity index (χ3v) is 4.19. The van der Waals surface area contributed by atoms with Crippen molar-refractivity contribution in [1.29, 1.82) is 0 Å². The molecule has 0 radical (unpaired) electrons. The Bertz CT molecular complexity index is 1020. The van der Waals surface area contributed by atoms with E-state index in [2.05, 4.69) is 31.2 Å². The van der Waals surface area contributed by atoms with E-state index in [0.717, 1.165) is 4.47 Å². The summed E-state index contributed by atoms with van der Waals surface area (Å²) in [6.07, 6.45) is 0.212. The number of nitro groups is 1. The Hall–Kier alpha value is -3.34. The molecule has 1 aromatic carbocycles. The molecule has 0 aliphatic rings. The summed E-state index contributed by atoms with van der Waals surface area (Å²) in [7, 11) is 1.67. The fraction of sp³-hybridized carbons (Fsp3) is 0.125. The zero-order valence-electron chi connectivity index (χ0n) is 13.9. The zero-order chi connectivity index (χ0) is 19.6. The van der Waals surface area contributed by atoms with Gasteiger partial charge < -0.3 is 9.84 Å². The topological polar surface area (TPSA) is 133 Å². The highest BCUT2D eigenvalue weighted by atomic mass is 79.9. The number of carbonyl (C=O) groups is 1. The molecule has 0 amide bonds. The van der Waals surface area contributed by atoms with Gasteiger partial charge >= 0.3 is 6.16 Å². The lowest BCUT2D eigenvalue weighted by molar-refractivity contribution is -0.384. The molecule has 1 N–H and O–H groups in total. The first-order valence-electron chi connectivity index (χ1n) is 7.53. The van der Waals surface area contributed by atoms with Crippen molar-refractivity contribution in [3.8, 4) is 17.1 Å². The summed E-state index contributed by atoms with van der Waals surface area (Å²) in [5.74, 6) is 0.00372. The second-order valence-electron chi connectivity index (χ2n) is 5.46. The molecule has 0 spiro atoms. The first kappa shape index (κ1) is 18.5. The highest BCUT2D eigenvalue weighted by Crippen LogP contribution is 2.29. The van der Waals surface area contributed by atoms with Crippen molar-refractivity contribution in [2.75, 3.05) is 0 Å². The quantitative estimate of drug-likeness (QED) is 0.280. The predicted molar refractivity (Wildman–Crippen MR) is 96.5 cm³/mol. The standard InChI is InChI=1S/C16H12BrN5O5/c1-21-13(15(19-20-21)12-4-2-10(17)8-18-12)7-9-6-11(22(25)26)3-5-14(9)27-16(23)24/h2-6,8H,7H2,1H3,(H,23,24). The Kier molecular flexibility index (Phi) is 5.12. The number of pyridine rings is 1. The molecular weight excluding hydrogens is 422 g/mol. The molecule has 2 aromatic heterocycles. The Morgan fingerprint density at radius 1 is 1.37 bits per heavy atom. The van der Waals surface area contributed by atoms with Gasteiger partial charge in [-0.2, -0.15) is 0 Å². The molecule has 11 heteroatoms. The van der Waals surface area contributed by atoms with E-state index in [9.17, 15) is 14.9 Å². The van der Waals surface area contributed by atoms with E-state index < -0.39 is 11.1 Å². The van der Waals surface area contributed by atoms with Crippen molar-refractivity contribution >= 4 is 27.8 Å². The zero-order valence-corrected chi connectivity index (χ0v) is 15.5. The van der Waals surface area contributed by atoms with Crippen LogP contribution in [0.1, 0.15) is 11.3 Å². The van der Waals surface area contributed by atoms with Crippen LogP contribution >= 0.6 is 15.9 Å². The van der Waals surface area contributed by atoms with Gasteiger partial charge in [0.15, 0.2) is 0 Å². The molecule has 0 saturated carbocycles. The first-order chi connectivity index (χ1) is 12.8. The van der Waals surface area contributed by atoms with Gasteiger partial charge in [0.05, 0.1) is 16.3 Å². The maximum atomic E-state index is 11.1. The number of aromatic nitrogens is 4. The van der Waals surface area contributed by atoms with E-state index in [1.54, 1.807) is 25.4 Å². The van der Waals surface area contributed by atoms with Gasteiger partial charge in [0.1, 0.15) is 11.4 Å². The average Bonchev–Trinajstić information content (AvgIpc) is 2.97. The number of rotatable bonds is 5. The van der Waals surface area contributed by atoms with Crippen LogP contribution in [-0.2, 0) is 13.5 Å². The smallest absolute Gasteiger partial charge is 0.449 e. The van der Waals surface area contributed by atoms with Gasteiger partial charge in [-0.15, -0.1) is 5.10 Å². The number of ether oxygens (including phenoxy) is 1. The molecule has 0 aliphatic carbocycles. The number of carboxylic acid groups (broad SMARTS) is 1. The Balaban J connectivity index is 2.05. The Labute approximate surface area is 160 Å². The maximum absolute atomic E-state index is 11.1. The Morgan fingerprint density at radius 3 is 2.78 bits per heavy atom. The molecular formula is C16H12BrN5O5. The lowest BCUT2D eigenvalue weighted by Crippen LogP contribution is -2.08. The minimum Gasteiger partial charge on any atom is -0.449 e. The summed E-state index contributed by atoms with van der Waals surface area (Å²) >= 11 is 3.31. The van der Waals surface area contributed by atoms with Crippen molar-refractivity contribution < 1.29 is 19.6 Å². The van der Waals surface area contributed by atoms with Crippen molar-refractivity contribution in [2.45, 2.75) is 6.42 Å². The minimum atomic E-state index is -1.51. The number of non-ortho nitro benzene ring substituents is 1. The molecule has 0 bridgehead atoms. The number of hydrogen-bond donors (Lipinski definition) is 1. The molecule has 10 nitrogen and oxygen atoms in total. The van der Waals surface area contributed by atoms with Gasteiger partial charge in [-0.25, -0.2) is 4.79 Å². The monoisotopic (exact) mass is 433 g/mol. The lowest BCUT2D eigenvalue weighted by Gasteiger charge is -2.09. The fourth-order valence-electron chi connectivity index (χ4n) is 2.48. The summed E-state index contributed by atoms with van der Waals surface area (Å²) in [5, 5.41) is 28.1. The van der Waals surface area contributed by atoms with Crippen LogP contribution in [0.25, 0.3) is 11.4 Å². The number of halogens is 1. The van der Waals surface area contributed by atoms with Crippen LogP contribution in [0.2, 0.25) is 0 Å². The molecule has 27 heavy (non-hydrogen) atoms. The lowest BCUT2D eigenvalue weighted by atomic mass is 10.0. The van der Waals surface area contributed by atoms with Crippen molar-refractivity contribution in [3.05, 3.63) is 62.4 Å². The molecule has 3 rings (SSSR count). The van der Waals surface area contributed by atoms with Gasteiger partial charge in [-0.05, 0) is 34.1 Å². The molecule has 2 heterocycles. The number of aryl methyl sites for hydroxylation is 1. The third-order valence-electron chi connectivity index (χ3n) is 3.72. The summed E-state index contributed by atoms with van der Waals surface area (Å²) in [6.45, 7) is 0. The van der Waals surface area contributed by atoms with Crippen LogP contribution in [0.5, 0.6) is 5.75 Å². The van der Waals surface area contributed by atoms with E-state index in [1.807, 2.05) is 0 Å². The Morgan fingerprint density at radius 2 is 2.15 bits per heavy atom. The summed E-state index contributed by atoms with van der Waals surface area (Å²) in [5.41, 5.74) is 1.78. The third kappa shape index (κ3) is 4.08. The van der Waals surface area contributed by atoms with Crippen LogP contribution in [0, 0.1) is 10.1 Å². The first-order valence-corrected chi connectivity index (χ1v) is 8.33. The van der Waals surface area contributed by atoms with E-state index in [4.69, 9.17) is 9.84 Å². The molecule has 0 unspecified atom stereocenters. The maximum Gasteiger partial charge on any atom is 0.511 e. The van der Waals surface area contributed by atoms with Crippen LogP contribution < -0.4 is 4.74 Å². The van der Waals surface area contributed by atoms with Crippen LogP contribution in [0.3, 0.4) is 0 Å². The fourth-order valence-corrected chi connectivity index (χ4v) is 2.72. The molecule has 138 valence electrons. The van der Waals surface area contributed by atoms with E-state index in [1.165, 1.54) is 22.9 Å². The number of hydrogen-bond acceptors (Lipinski definition) is 7. The van der Waals surface area contributed by atoms with Crippen molar-refractivity contribution in [2.24, 2.45) is 7.05 Å². The van der Waals surface area contributed by atoms with Gasteiger partial charge in [0.25, 0.3) is 5.69 Å². The van der Waals surface area contributed by atoms with Crippen molar-refractivity contribution in [1.82, 2.24) is 20.0 Å². The van der Waals surface area contributed by atoms with Crippen LogP contribution in [0.4, 0.5) is 10.5 Å². The normalized spacial score (nSPS) is 10.6. The number of nitrogens with zero attached hydrogens (tertiary/aromatic N) is 5. The van der Waals surface area contributed by atoms with Gasteiger partial charge in [0, 0.05) is 41.8 Å². The molecule has 0 saturated heterocycles. The van der Waals surface area contributed by atoms with Crippen LogP contribution in [-0.4, -0.2) is 36.2 Å². The SMILES string of the molecule is Cn1nnc(-c2ccc(Br)cn2)c1Cc1cc([N+](=O)[O-])ccc1OC(=O)O. The highest BCUT2D eigenvalue weighted by molar-refractivity contribution is 9.10. The highest BCUT2D eigenvalue weighted by Gasteiger charge is 2.20. The minimum absolute atomic E-state index is 0.00372. The van der Waals surface area contributed by atoms with Gasteiger partial charge in [-0.1, -0.05) is 5.21 Å². The van der Waals surface area contributed by atoms with Gasteiger partial charge in [-0.3, -0.25) is 19.8 Å². The largest absolute Gasteiger partial charge is 0.511 e. The summed E-state index contributed by atoms with van der Waals surface area (Å²) in [6, 6.07) is 7.25. The second-order valence-corrected chi connectivity index (χ2v) is 6.38. The van der Waals surface area contributed by atoms with Crippen molar-refractivity contribution in [3.63, 3.8) is 0 Å². The molecule has 3 aromatic rings. The van der Waals surface area contributed by atoms with E-state index >= 15 is 0 Å². The predicted octanol–water partition coefficient (Wildman–Crippen LogP) is 3.20. The number of nitro benzene ring substituents is 1. The van der Waals surface area contributed by atoms with Gasteiger partial charge in [0.2, 0.25) is 0 Å².